The van der Waals surface area contributed by atoms with Crippen LogP contribution in [0.4, 0.5) is 5.69 Å². The van der Waals surface area contributed by atoms with Gasteiger partial charge in [-0.2, -0.15) is 0 Å². The van der Waals surface area contributed by atoms with Gasteiger partial charge >= 0.3 is 0 Å². The third kappa shape index (κ3) is 5.94. The van der Waals surface area contributed by atoms with Crippen LogP contribution in [0.25, 0.3) is 0 Å². The first kappa shape index (κ1) is 15.8. The molecule has 0 aliphatic rings. The fraction of sp³-hybridized carbons (Fsp3) is 0.385. The molecule has 0 spiro atoms. The number of carbonyl (C=O) groups excluding carboxylic acids is 2. The normalized spacial score (nSPS) is 10.1. The van der Waals surface area contributed by atoms with Gasteiger partial charge in [-0.3, -0.25) is 9.59 Å². The summed E-state index contributed by atoms with van der Waals surface area (Å²) in [7, 11) is 0. The molecule has 0 atom stereocenters. The summed E-state index contributed by atoms with van der Waals surface area (Å²) in [5.41, 5.74) is 0.432. The van der Waals surface area contributed by atoms with Crippen LogP contribution < -0.4 is 10.6 Å². The molecule has 0 fully saturated rings. The second kappa shape index (κ2) is 8.02. The monoisotopic (exact) mass is 302 g/mol. The highest BCUT2D eigenvalue weighted by Crippen LogP contribution is 2.25. The average molecular weight is 303 g/mol. The minimum Gasteiger partial charge on any atom is -0.347 e. The Morgan fingerprint density at radius 3 is 2.63 bits per heavy atom. The van der Waals surface area contributed by atoms with E-state index in [0.29, 0.717) is 22.2 Å². The highest BCUT2D eigenvalue weighted by Gasteiger charge is 2.08. The second-order valence-electron chi connectivity index (χ2n) is 4.05. The molecule has 2 N–H and O–H groups in total. The molecular formula is C13H16Cl2N2O2. The van der Waals surface area contributed by atoms with Crippen LogP contribution in [0.1, 0.15) is 26.2 Å². The SMILES string of the molecule is CCCCC(=O)NCC(=O)Nc1cc(Cl)ccc1Cl. The number of unbranched alkanes of at least 4 members (excludes halogenated alkanes) is 1. The van der Waals surface area contributed by atoms with E-state index in [1.165, 1.54) is 0 Å². The van der Waals surface area contributed by atoms with Crippen molar-refractivity contribution in [3.63, 3.8) is 0 Å². The summed E-state index contributed by atoms with van der Waals surface area (Å²) in [6, 6.07) is 4.78. The maximum atomic E-state index is 11.6. The van der Waals surface area contributed by atoms with Gasteiger partial charge in [0.15, 0.2) is 0 Å². The summed E-state index contributed by atoms with van der Waals surface area (Å²) < 4.78 is 0. The number of hydrogen-bond donors (Lipinski definition) is 2. The largest absolute Gasteiger partial charge is 0.347 e. The van der Waals surface area contributed by atoms with E-state index in [-0.39, 0.29) is 18.4 Å². The number of hydrogen-bond acceptors (Lipinski definition) is 2. The lowest BCUT2D eigenvalue weighted by atomic mass is 10.2. The van der Waals surface area contributed by atoms with Gasteiger partial charge < -0.3 is 10.6 Å². The van der Waals surface area contributed by atoms with Crippen molar-refractivity contribution in [3.8, 4) is 0 Å². The number of halogens is 2. The molecule has 0 saturated heterocycles. The molecule has 6 heteroatoms. The highest BCUT2D eigenvalue weighted by molar-refractivity contribution is 6.35. The van der Waals surface area contributed by atoms with Crippen LogP contribution in [0.15, 0.2) is 18.2 Å². The molecule has 0 bridgehead atoms. The van der Waals surface area contributed by atoms with Crippen molar-refractivity contribution in [2.24, 2.45) is 0 Å². The first-order valence-corrected chi connectivity index (χ1v) is 6.80. The van der Waals surface area contributed by atoms with Gasteiger partial charge in [0.2, 0.25) is 11.8 Å². The van der Waals surface area contributed by atoms with Gasteiger partial charge in [-0.15, -0.1) is 0 Å². The number of carbonyl (C=O) groups is 2. The number of benzene rings is 1. The smallest absolute Gasteiger partial charge is 0.243 e. The van der Waals surface area contributed by atoms with Crippen molar-refractivity contribution < 1.29 is 9.59 Å². The van der Waals surface area contributed by atoms with Gasteiger partial charge in [0, 0.05) is 11.4 Å². The Kier molecular flexibility index (Phi) is 6.67. The Morgan fingerprint density at radius 2 is 1.95 bits per heavy atom. The van der Waals surface area contributed by atoms with Crippen LogP contribution in [0, 0.1) is 0 Å². The molecule has 19 heavy (non-hydrogen) atoms. The Labute approximate surface area is 122 Å². The third-order valence-electron chi connectivity index (χ3n) is 2.41. The summed E-state index contributed by atoms with van der Waals surface area (Å²) >= 11 is 11.7. The first-order chi connectivity index (χ1) is 9.02. The van der Waals surface area contributed by atoms with E-state index < -0.39 is 0 Å². The fourth-order valence-electron chi connectivity index (χ4n) is 1.39. The van der Waals surface area contributed by atoms with E-state index in [4.69, 9.17) is 23.2 Å². The minimum absolute atomic E-state index is 0.0780. The van der Waals surface area contributed by atoms with Crippen molar-refractivity contribution in [1.29, 1.82) is 0 Å². The van der Waals surface area contributed by atoms with E-state index in [2.05, 4.69) is 10.6 Å². The van der Waals surface area contributed by atoms with Gasteiger partial charge in [0.05, 0.1) is 17.3 Å². The summed E-state index contributed by atoms with van der Waals surface area (Å²) in [6.45, 7) is 1.92. The molecule has 2 amide bonds. The van der Waals surface area contributed by atoms with Crippen LogP contribution in [-0.4, -0.2) is 18.4 Å². The highest BCUT2D eigenvalue weighted by atomic mass is 35.5. The molecule has 0 aliphatic carbocycles. The van der Waals surface area contributed by atoms with Crippen molar-refractivity contribution in [2.45, 2.75) is 26.2 Å². The van der Waals surface area contributed by atoms with Crippen molar-refractivity contribution in [1.82, 2.24) is 5.32 Å². The number of nitrogens with one attached hydrogen (secondary N) is 2. The van der Waals surface area contributed by atoms with E-state index in [0.717, 1.165) is 12.8 Å². The van der Waals surface area contributed by atoms with Crippen LogP contribution in [0.2, 0.25) is 10.0 Å². The lowest BCUT2D eigenvalue weighted by molar-refractivity contribution is -0.124. The topological polar surface area (TPSA) is 58.2 Å². The quantitative estimate of drug-likeness (QED) is 0.847. The molecule has 0 heterocycles. The molecule has 0 aromatic heterocycles. The van der Waals surface area contributed by atoms with E-state index >= 15 is 0 Å². The van der Waals surface area contributed by atoms with Crippen LogP contribution >= 0.6 is 23.2 Å². The summed E-state index contributed by atoms with van der Waals surface area (Å²) in [5, 5.41) is 6.01. The number of rotatable bonds is 6. The van der Waals surface area contributed by atoms with Crippen LogP contribution in [-0.2, 0) is 9.59 Å². The van der Waals surface area contributed by atoms with Gasteiger partial charge in [0.1, 0.15) is 0 Å². The molecule has 0 saturated carbocycles. The van der Waals surface area contributed by atoms with E-state index in [1.54, 1.807) is 18.2 Å². The fourth-order valence-corrected chi connectivity index (χ4v) is 1.73. The zero-order valence-corrected chi connectivity index (χ0v) is 12.1. The Hall–Kier alpha value is -1.26. The lowest BCUT2D eigenvalue weighted by Crippen LogP contribution is -2.32. The predicted octanol–water partition coefficient (Wildman–Crippen LogP) is 3.24. The van der Waals surface area contributed by atoms with Gasteiger partial charge in [-0.05, 0) is 24.6 Å². The Morgan fingerprint density at radius 1 is 1.21 bits per heavy atom. The Balaban J connectivity index is 2.43. The first-order valence-electron chi connectivity index (χ1n) is 6.04. The lowest BCUT2D eigenvalue weighted by Gasteiger charge is -2.08. The molecule has 1 rings (SSSR count). The molecule has 4 nitrogen and oxygen atoms in total. The predicted molar refractivity (Wildman–Crippen MR) is 77.6 cm³/mol. The maximum absolute atomic E-state index is 11.6. The third-order valence-corrected chi connectivity index (χ3v) is 2.97. The zero-order chi connectivity index (χ0) is 14.3. The molecule has 1 aromatic carbocycles. The Bertz CT molecular complexity index is 464. The van der Waals surface area contributed by atoms with E-state index in [9.17, 15) is 9.59 Å². The van der Waals surface area contributed by atoms with Gasteiger partial charge in [-0.25, -0.2) is 0 Å². The standard InChI is InChI=1S/C13H16Cl2N2O2/c1-2-3-4-12(18)16-8-13(19)17-11-7-9(14)5-6-10(11)15/h5-7H,2-4,8H2,1H3,(H,16,18)(H,17,19). The summed E-state index contributed by atoms with van der Waals surface area (Å²) in [6.07, 6.45) is 2.19. The summed E-state index contributed by atoms with van der Waals surface area (Å²) in [4.78, 5) is 23.0. The van der Waals surface area contributed by atoms with Crippen molar-refractivity contribution >= 4 is 40.7 Å². The second-order valence-corrected chi connectivity index (χ2v) is 4.90. The average Bonchev–Trinajstić information content (AvgIpc) is 2.38. The molecule has 1 aromatic rings. The number of amides is 2. The molecular weight excluding hydrogens is 287 g/mol. The van der Waals surface area contributed by atoms with Crippen LogP contribution in [0.5, 0.6) is 0 Å². The molecule has 0 radical (unpaired) electrons. The van der Waals surface area contributed by atoms with Crippen molar-refractivity contribution in [2.75, 3.05) is 11.9 Å². The van der Waals surface area contributed by atoms with Gasteiger partial charge in [-0.1, -0.05) is 36.5 Å². The molecule has 0 aliphatic heterocycles. The molecule has 0 unspecified atom stereocenters. The molecule has 104 valence electrons. The minimum atomic E-state index is -0.339. The van der Waals surface area contributed by atoms with Crippen LogP contribution in [0.3, 0.4) is 0 Å². The summed E-state index contributed by atoms with van der Waals surface area (Å²) in [5.74, 6) is -0.469. The van der Waals surface area contributed by atoms with E-state index in [1.807, 2.05) is 6.92 Å². The maximum Gasteiger partial charge on any atom is 0.243 e. The zero-order valence-electron chi connectivity index (χ0n) is 10.6. The number of anilines is 1. The van der Waals surface area contributed by atoms with Gasteiger partial charge in [0.25, 0.3) is 0 Å². The van der Waals surface area contributed by atoms with Crippen molar-refractivity contribution in [3.05, 3.63) is 28.2 Å².